The van der Waals surface area contributed by atoms with Gasteiger partial charge in [-0.25, -0.2) is 0 Å². The summed E-state index contributed by atoms with van der Waals surface area (Å²) >= 11 is 3.61. The maximum absolute atomic E-state index is 10.1. The Bertz CT molecular complexity index is 747. The zero-order valence-corrected chi connectivity index (χ0v) is 16.6. The van der Waals surface area contributed by atoms with E-state index < -0.39 is 18.3 Å². The summed E-state index contributed by atoms with van der Waals surface area (Å²) in [4.78, 5) is 0. The second-order valence-corrected chi connectivity index (χ2v) is 7.94. The summed E-state index contributed by atoms with van der Waals surface area (Å²) in [5.74, 6) is 0. The van der Waals surface area contributed by atoms with Crippen LogP contribution in [0, 0.1) is 6.92 Å². The minimum atomic E-state index is -0.883. The first-order valence-electron chi connectivity index (χ1n) is 8.88. The molecule has 0 aromatic heterocycles. The summed E-state index contributed by atoms with van der Waals surface area (Å²) in [6.45, 7) is 3.71. The maximum atomic E-state index is 10.1. The quantitative estimate of drug-likeness (QED) is 0.708. The molecule has 1 aliphatic heterocycles. The van der Waals surface area contributed by atoms with Crippen LogP contribution in [-0.2, 0) is 17.8 Å². The summed E-state index contributed by atoms with van der Waals surface area (Å²) in [7, 11) is 0. The number of ether oxygens (including phenoxy) is 1. The van der Waals surface area contributed by atoms with Crippen LogP contribution in [0.5, 0.6) is 0 Å². The first-order chi connectivity index (χ1) is 12.4. The van der Waals surface area contributed by atoms with Gasteiger partial charge < -0.3 is 20.1 Å². The van der Waals surface area contributed by atoms with Crippen molar-refractivity contribution in [1.82, 2.24) is 0 Å². The van der Waals surface area contributed by atoms with Crippen LogP contribution in [0.1, 0.15) is 47.3 Å². The molecule has 1 fully saturated rings. The van der Waals surface area contributed by atoms with Gasteiger partial charge in [0, 0.05) is 10.9 Å². The van der Waals surface area contributed by atoms with Crippen molar-refractivity contribution in [2.24, 2.45) is 0 Å². The lowest BCUT2D eigenvalue weighted by Gasteiger charge is -2.36. The lowest BCUT2D eigenvalue weighted by atomic mass is 9.90. The molecule has 4 nitrogen and oxygen atoms in total. The van der Waals surface area contributed by atoms with E-state index in [1.165, 1.54) is 11.1 Å². The molecule has 1 saturated heterocycles. The van der Waals surface area contributed by atoms with Crippen molar-refractivity contribution in [3.05, 3.63) is 68.7 Å². The van der Waals surface area contributed by atoms with Crippen molar-refractivity contribution in [1.29, 1.82) is 0 Å². The van der Waals surface area contributed by atoms with E-state index in [-0.39, 0.29) is 12.7 Å². The zero-order valence-electron chi connectivity index (χ0n) is 15.0. The van der Waals surface area contributed by atoms with E-state index in [0.29, 0.717) is 6.42 Å². The van der Waals surface area contributed by atoms with E-state index in [9.17, 15) is 15.3 Å². The second-order valence-electron chi connectivity index (χ2n) is 7.09. The fourth-order valence-corrected chi connectivity index (χ4v) is 3.97. The van der Waals surface area contributed by atoms with Crippen molar-refractivity contribution in [2.75, 3.05) is 0 Å². The monoisotopic (exact) mass is 420 g/mol. The molecule has 4 atom stereocenters. The van der Waals surface area contributed by atoms with Crippen LogP contribution in [0.25, 0.3) is 0 Å². The van der Waals surface area contributed by atoms with Crippen LogP contribution < -0.4 is 0 Å². The number of halogens is 1. The molecule has 0 aliphatic carbocycles. The van der Waals surface area contributed by atoms with E-state index in [4.69, 9.17) is 4.74 Å². The summed E-state index contributed by atoms with van der Waals surface area (Å²) < 4.78 is 6.86. The molecule has 5 heteroatoms. The Kier molecular flexibility index (Phi) is 6.15. The first-order valence-corrected chi connectivity index (χ1v) is 9.67. The smallest absolute Gasteiger partial charge is 0.106 e. The van der Waals surface area contributed by atoms with Crippen LogP contribution in [0.2, 0.25) is 0 Å². The Morgan fingerprint density at radius 1 is 1.12 bits per heavy atom. The highest BCUT2D eigenvalue weighted by Gasteiger charge is 2.35. The molecule has 2 aromatic carbocycles. The number of benzene rings is 2. The molecule has 26 heavy (non-hydrogen) atoms. The molecule has 0 saturated carbocycles. The highest BCUT2D eigenvalue weighted by molar-refractivity contribution is 9.10. The maximum Gasteiger partial charge on any atom is 0.106 e. The van der Waals surface area contributed by atoms with Crippen molar-refractivity contribution in [2.45, 2.75) is 57.7 Å². The lowest BCUT2D eigenvalue weighted by Crippen LogP contribution is -2.44. The molecule has 0 amide bonds. The number of aliphatic hydroxyl groups excluding tert-OH is 3. The molecule has 0 spiro atoms. The third-order valence-corrected chi connectivity index (χ3v) is 5.79. The number of hydrogen-bond donors (Lipinski definition) is 3. The average Bonchev–Trinajstić information content (AvgIpc) is 2.62. The minimum absolute atomic E-state index is 0.106. The molecule has 3 N–H and O–H groups in total. The van der Waals surface area contributed by atoms with Crippen molar-refractivity contribution in [3.63, 3.8) is 0 Å². The van der Waals surface area contributed by atoms with Gasteiger partial charge in [-0.1, -0.05) is 51.8 Å². The van der Waals surface area contributed by atoms with Gasteiger partial charge in [-0.3, -0.25) is 0 Å². The van der Waals surface area contributed by atoms with E-state index >= 15 is 0 Å². The number of aliphatic hydroxyl groups is 3. The van der Waals surface area contributed by atoms with Crippen LogP contribution in [0.15, 0.2) is 40.9 Å². The fraction of sp³-hybridized carbons (Fsp3) is 0.429. The van der Waals surface area contributed by atoms with E-state index in [0.717, 1.165) is 27.6 Å². The van der Waals surface area contributed by atoms with Gasteiger partial charge in [-0.15, -0.1) is 0 Å². The van der Waals surface area contributed by atoms with E-state index in [1.807, 2.05) is 12.1 Å². The average molecular weight is 421 g/mol. The van der Waals surface area contributed by atoms with Gasteiger partial charge in [-0.05, 0) is 48.6 Å². The van der Waals surface area contributed by atoms with Gasteiger partial charge in [0.1, 0.15) is 6.10 Å². The van der Waals surface area contributed by atoms with Crippen LogP contribution in [0.4, 0.5) is 0 Å². The van der Waals surface area contributed by atoms with Crippen LogP contribution in [-0.4, -0.2) is 33.6 Å². The van der Waals surface area contributed by atoms with Crippen molar-refractivity contribution in [3.8, 4) is 0 Å². The normalized spacial score (nSPS) is 26.1. The molecule has 140 valence electrons. The van der Waals surface area contributed by atoms with Gasteiger partial charge >= 0.3 is 0 Å². The summed E-state index contributed by atoms with van der Waals surface area (Å²) in [6.07, 6.45) is -1.46. The SMILES string of the molecule is Cc1ccc(Cc2cc([C@H]3C[C@@H](O)[C@@H](O)[C@@H](C)O3)c(CO)cc2Br)cc1. The minimum Gasteiger partial charge on any atom is -0.392 e. The predicted octanol–water partition coefficient (Wildman–Crippen LogP) is 3.41. The van der Waals surface area contributed by atoms with E-state index in [1.54, 1.807) is 6.92 Å². The molecular weight excluding hydrogens is 396 g/mol. The molecular formula is C21H25BrO4. The highest BCUT2D eigenvalue weighted by Crippen LogP contribution is 2.36. The molecule has 3 rings (SSSR count). The van der Waals surface area contributed by atoms with Gasteiger partial charge in [0.05, 0.1) is 24.9 Å². The summed E-state index contributed by atoms with van der Waals surface area (Å²) in [5.41, 5.74) is 5.16. The number of hydrogen-bond acceptors (Lipinski definition) is 4. The molecule has 1 heterocycles. The Labute approximate surface area is 162 Å². The third kappa shape index (κ3) is 4.18. The topological polar surface area (TPSA) is 69.9 Å². The predicted molar refractivity (Wildman–Crippen MR) is 104 cm³/mol. The lowest BCUT2D eigenvalue weighted by molar-refractivity contribution is -0.163. The fourth-order valence-electron chi connectivity index (χ4n) is 3.44. The van der Waals surface area contributed by atoms with Gasteiger partial charge in [0.2, 0.25) is 0 Å². The Morgan fingerprint density at radius 3 is 2.42 bits per heavy atom. The van der Waals surface area contributed by atoms with Gasteiger partial charge in [-0.2, -0.15) is 0 Å². The highest BCUT2D eigenvalue weighted by atomic mass is 79.9. The molecule has 1 aliphatic rings. The molecule has 2 aromatic rings. The van der Waals surface area contributed by atoms with Crippen molar-refractivity contribution < 1.29 is 20.1 Å². The zero-order chi connectivity index (χ0) is 18.8. The van der Waals surface area contributed by atoms with Gasteiger partial charge in [0.15, 0.2) is 0 Å². The first kappa shape index (κ1) is 19.5. The second kappa shape index (κ2) is 8.19. The standard InChI is InChI=1S/C21H25BrO4/c1-12-3-5-14(6-4-12)7-15-8-17(16(11-23)9-18(15)22)20-10-19(24)21(25)13(2)26-20/h3-6,8-9,13,19-21,23-25H,7,10-11H2,1-2H3/t13-,19-,20-,21+/m1/s1. The molecule has 0 radical (unpaired) electrons. The number of aryl methyl sites for hydroxylation is 1. The van der Waals surface area contributed by atoms with Crippen LogP contribution in [0.3, 0.4) is 0 Å². The summed E-state index contributed by atoms with van der Waals surface area (Å²) in [6, 6.07) is 12.4. The summed E-state index contributed by atoms with van der Waals surface area (Å²) in [5, 5.41) is 29.8. The molecule has 0 bridgehead atoms. The molecule has 0 unspecified atom stereocenters. The van der Waals surface area contributed by atoms with Crippen LogP contribution >= 0.6 is 15.9 Å². The Balaban J connectivity index is 1.93. The van der Waals surface area contributed by atoms with E-state index in [2.05, 4.69) is 47.1 Å². The van der Waals surface area contributed by atoms with Gasteiger partial charge in [0.25, 0.3) is 0 Å². The Morgan fingerprint density at radius 2 is 1.81 bits per heavy atom. The van der Waals surface area contributed by atoms with Crippen molar-refractivity contribution >= 4 is 15.9 Å². The largest absolute Gasteiger partial charge is 0.392 e. The Hall–Kier alpha value is -1.24. The number of rotatable bonds is 4. The third-order valence-electron chi connectivity index (χ3n) is 5.05.